The predicted molar refractivity (Wildman–Crippen MR) is 129 cm³/mol. The van der Waals surface area contributed by atoms with Crippen LogP contribution in [0.25, 0.3) is 0 Å². The molecule has 0 aromatic heterocycles. The van der Waals surface area contributed by atoms with Gasteiger partial charge in [-0.2, -0.15) is 0 Å². The summed E-state index contributed by atoms with van der Waals surface area (Å²) in [4.78, 5) is 1.56. The topological polar surface area (TPSA) is 3.24 Å². The van der Waals surface area contributed by atoms with E-state index in [0.717, 1.165) is 5.56 Å². The molecule has 152 valence electrons. The van der Waals surface area contributed by atoms with Gasteiger partial charge in [0.05, 0.1) is 22.6 Å². The molecule has 0 N–H and O–H groups in total. The van der Waals surface area contributed by atoms with E-state index in [2.05, 4.69) is 20.8 Å². The third-order valence-corrected chi connectivity index (χ3v) is 5.47. The molecule has 0 aliphatic carbocycles. The molecule has 0 aliphatic rings. The Balaban J connectivity index is 2.42. The zero-order valence-corrected chi connectivity index (χ0v) is 19.2. The number of anilines is 3. The summed E-state index contributed by atoms with van der Waals surface area (Å²) < 4.78 is 43.2. The fraction of sp³-hybridized carbons (Fsp3) is 0.308. The molecule has 3 heteroatoms. The second kappa shape index (κ2) is 8.05. The molecule has 0 amide bonds. The van der Waals surface area contributed by atoms with Gasteiger partial charge < -0.3 is 4.90 Å². The minimum atomic E-state index is -0.584. The van der Waals surface area contributed by atoms with Crippen LogP contribution in [0.4, 0.5) is 17.1 Å². The highest BCUT2D eigenvalue weighted by molar-refractivity contribution is 6.43. The van der Waals surface area contributed by atoms with Crippen LogP contribution in [0.5, 0.6) is 0 Å². The second-order valence-electron chi connectivity index (χ2n) is 9.11. The van der Waals surface area contributed by atoms with Crippen LogP contribution >= 0.6 is 23.2 Å². The van der Waals surface area contributed by atoms with Crippen molar-refractivity contribution in [1.29, 1.82) is 0 Å². The lowest BCUT2D eigenvalue weighted by Crippen LogP contribution is -2.14. The molecule has 0 atom stereocenters. The maximum absolute atomic E-state index is 8.85. The van der Waals surface area contributed by atoms with Crippen LogP contribution in [0.3, 0.4) is 0 Å². The molecule has 3 rings (SSSR count). The SMILES string of the molecule is [2H]c1cc(Cl)c(Cl)c(N(c2ccc(C(C)(C)C)cc2)c2c([2H])c([2H])c(C(C)(C)C)c([2H])c2[2H])c1. The standard InChI is InChI=1S/C26H29Cl2N/c1-25(2,3)18-10-14-20(15-11-18)29(23-9-7-8-22(27)24(23)28)21-16-12-19(13-17-21)26(4,5)6/h7-17H,1-6H3/i7D,10D,11D,14D,15D. The number of hydrogen-bond donors (Lipinski definition) is 0. The first kappa shape index (κ1) is 15.8. The summed E-state index contributed by atoms with van der Waals surface area (Å²) in [7, 11) is 0. The van der Waals surface area contributed by atoms with E-state index in [0.29, 0.717) is 16.9 Å². The van der Waals surface area contributed by atoms with Gasteiger partial charge in [0.25, 0.3) is 0 Å². The van der Waals surface area contributed by atoms with Crippen molar-refractivity contribution in [3.63, 3.8) is 0 Å². The van der Waals surface area contributed by atoms with E-state index in [1.165, 1.54) is 12.1 Å². The number of halogens is 2. The van der Waals surface area contributed by atoms with Crippen LogP contribution in [0.2, 0.25) is 10.0 Å². The van der Waals surface area contributed by atoms with E-state index < -0.39 is 5.41 Å². The van der Waals surface area contributed by atoms with Gasteiger partial charge in [-0.25, -0.2) is 0 Å². The molecular formula is C26H29Cl2N. The normalized spacial score (nSPS) is 14.6. The van der Waals surface area contributed by atoms with Crippen molar-refractivity contribution in [2.45, 2.75) is 52.4 Å². The van der Waals surface area contributed by atoms with Crippen LogP contribution in [0, 0.1) is 0 Å². The molecular weight excluding hydrogens is 397 g/mol. The van der Waals surface area contributed by atoms with E-state index in [1.54, 1.807) is 4.90 Å². The minimum absolute atomic E-state index is 0.0510. The van der Waals surface area contributed by atoms with Crippen LogP contribution in [-0.2, 0) is 10.8 Å². The molecule has 0 unspecified atom stereocenters. The Kier molecular flexibility index (Phi) is 4.39. The van der Waals surface area contributed by atoms with E-state index in [-0.39, 0.29) is 51.4 Å². The van der Waals surface area contributed by atoms with Crippen LogP contribution < -0.4 is 4.90 Å². The molecule has 0 heterocycles. The molecule has 0 aliphatic heterocycles. The highest BCUT2D eigenvalue weighted by atomic mass is 35.5. The minimum Gasteiger partial charge on any atom is -0.309 e. The highest BCUT2D eigenvalue weighted by Gasteiger charge is 2.20. The highest BCUT2D eigenvalue weighted by Crippen LogP contribution is 2.42. The molecule has 0 saturated carbocycles. The first-order valence-corrected chi connectivity index (χ1v) is 10.3. The van der Waals surface area contributed by atoms with Gasteiger partial charge in [-0.1, -0.05) is 95.0 Å². The van der Waals surface area contributed by atoms with Gasteiger partial charge in [-0.3, -0.25) is 0 Å². The van der Waals surface area contributed by atoms with Crippen molar-refractivity contribution < 1.29 is 6.85 Å². The Hall–Kier alpha value is -1.96. The van der Waals surface area contributed by atoms with Crippen LogP contribution in [0.15, 0.2) is 66.6 Å². The summed E-state index contributed by atoms with van der Waals surface area (Å²) >= 11 is 12.9. The van der Waals surface area contributed by atoms with Gasteiger partial charge in [0.2, 0.25) is 0 Å². The maximum Gasteiger partial charge on any atom is 0.0832 e. The Labute approximate surface area is 192 Å². The van der Waals surface area contributed by atoms with Crippen molar-refractivity contribution in [1.82, 2.24) is 0 Å². The van der Waals surface area contributed by atoms with Gasteiger partial charge in [-0.05, 0) is 58.3 Å². The smallest absolute Gasteiger partial charge is 0.0832 e. The van der Waals surface area contributed by atoms with Gasteiger partial charge >= 0.3 is 0 Å². The van der Waals surface area contributed by atoms with E-state index in [4.69, 9.17) is 30.1 Å². The lowest BCUT2D eigenvalue weighted by atomic mass is 9.86. The van der Waals surface area contributed by atoms with E-state index in [9.17, 15) is 0 Å². The molecule has 0 saturated heterocycles. The molecule has 0 spiro atoms. The third-order valence-electron chi connectivity index (χ3n) is 4.68. The lowest BCUT2D eigenvalue weighted by molar-refractivity contribution is 0.590. The van der Waals surface area contributed by atoms with Gasteiger partial charge in [0.15, 0.2) is 0 Å². The number of hydrogen-bond acceptors (Lipinski definition) is 1. The second-order valence-corrected chi connectivity index (χ2v) is 9.89. The number of nitrogens with zero attached hydrogens (tertiary/aromatic N) is 1. The maximum atomic E-state index is 8.85. The molecule has 0 radical (unpaired) electrons. The predicted octanol–water partition coefficient (Wildman–Crippen LogP) is 9.06. The van der Waals surface area contributed by atoms with Crippen molar-refractivity contribution >= 4 is 40.3 Å². The summed E-state index contributed by atoms with van der Waals surface area (Å²) in [6, 6.07) is 10.1. The Bertz CT molecular complexity index is 1210. The molecule has 0 fully saturated rings. The number of rotatable bonds is 3. The molecule has 3 aromatic carbocycles. The van der Waals surface area contributed by atoms with Crippen LogP contribution in [0.1, 0.15) is 59.5 Å². The molecule has 0 bridgehead atoms. The number of benzene rings is 3. The summed E-state index contributed by atoms with van der Waals surface area (Å²) in [6.07, 6.45) is 0. The van der Waals surface area contributed by atoms with Crippen molar-refractivity contribution in [2.24, 2.45) is 0 Å². The van der Waals surface area contributed by atoms with Gasteiger partial charge in [0.1, 0.15) is 0 Å². The lowest BCUT2D eigenvalue weighted by Gasteiger charge is -2.28. The largest absolute Gasteiger partial charge is 0.309 e. The summed E-state index contributed by atoms with van der Waals surface area (Å²) in [6.45, 7) is 11.9. The fourth-order valence-electron chi connectivity index (χ4n) is 2.90. The Morgan fingerprint density at radius 1 is 0.690 bits per heavy atom. The van der Waals surface area contributed by atoms with Crippen molar-refractivity contribution in [3.8, 4) is 0 Å². The monoisotopic (exact) mass is 430 g/mol. The first-order valence-electron chi connectivity index (χ1n) is 12.0. The van der Waals surface area contributed by atoms with Crippen molar-refractivity contribution in [2.75, 3.05) is 4.90 Å². The average Bonchev–Trinajstić information content (AvgIpc) is 2.71. The van der Waals surface area contributed by atoms with E-state index >= 15 is 0 Å². The summed E-state index contributed by atoms with van der Waals surface area (Å²) in [5.74, 6) is 0. The van der Waals surface area contributed by atoms with E-state index in [1.807, 2.05) is 45.0 Å². The molecule has 3 aromatic rings. The zero-order chi connectivity index (χ0) is 25.7. The Morgan fingerprint density at radius 3 is 1.76 bits per heavy atom. The molecule has 1 nitrogen and oxygen atoms in total. The fourth-order valence-corrected chi connectivity index (χ4v) is 3.25. The quantitative estimate of drug-likeness (QED) is 0.400. The first-order chi connectivity index (χ1) is 15.6. The average molecular weight is 431 g/mol. The Morgan fingerprint density at radius 2 is 1.24 bits per heavy atom. The van der Waals surface area contributed by atoms with Gasteiger partial charge in [-0.15, -0.1) is 0 Å². The third kappa shape index (κ3) is 4.79. The zero-order valence-electron chi connectivity index (χ0n) is 22.7. The van der Waals surface area contributed by atoms with Gasteiger partial charge in [0, 0.05) is 11.4 Å². The van der Waals surface area contributed by atoms with Crippen LogP contribution in [-0.4, -0.2) is 0 Å². The summed E-state index contributed by atoms with van der Waals surface area (Å²) in [5, 5.41) is 0.330. The molecule has 29 heavy (non-hydrogen) atoms. The summed E-state index contributed by atoms with van der Waals surface area (Å²) in [5.41, 5.74) is 1.72. The van der Waals surface area contributed by atoms with Crippen molar-refractivity contribution in [3.05, 3.63) is 87.8 Å².